The predicted octanol–water partition coefficient (Wildman–Crippen LogP) is 2.25. The summed E-state index contributed by atoms with van der Waals surface area (Å²) in [5.74, 6) is 0. The van der Waals surface area contributed by atoms with E-state index in [2.05, 4.69) is 16.3 Å². The summed E-state index contributed by atoms with van der Waals surface area (Å²) in [6, 6.07) is 8.05. The van der Waals surface area contributed by atoms with Crippen LogP contribution in [0.1, 0.15) is 12.0 Å². The normalized spacial score (nSPS) is 15.7. The number of urea groups is 1. The van der Waals surface area contributed by atoms with Crippen molar-refractivity contribution in [1.29, 1.82) is 0 Å². The van der Waals surface area contributed by atoms with Gasteiger partial charge in [0.25, 0.3) is 0 Å². The van der Waals surface area contributed by atoms with Gasteiger partial charge >= 0.3 is 6.03 Å². The molecule has 1 heterocycles. The molecule has 2 rings (SSSR count). The second kappa shape index (κ2) is 9.75. The number of methoxy groups -OCH3 is 1. The lowest BCUT2D eigenvalue weighted by Crippen LogP contribution is -2.52. The fourth-order valence-electron chi connectivity index (χ4n) is 2.68. The van der Waals surface area contributed by atoms with Gasteiger partial charge in [0.2, 0.25) is 0 Å². The van der Waals surface area contributed by atoms with E-state index in [0.717, 1.165) is 50.6 Å². The van der Waals surface area contributed by atoms with Crippen LogP contribution in [-0.2, 0) is 11.2 Å². The molecule has 0 aromatic heterocycles. The summed E-state index contributed by atoms with van der Waals surface area (Å²) in [4.78, 5) is 16.3. The molecule has 0 unspecified atom stereocenters. The third-order valence-electron chi connectivity index (χ3n) is 4.07. The average molecular weight is 340 g/mol. The Balaban J connectivity index is 1.64. The van der Waals surface area contributed by atoms with Crippen molar-refractivity contribution >= 4 is 17.6 Å². The van der Waals surface area contributed by atoms with Gasteiger partial charge in [0.05, 0.1) is 0 Å². The van der Waals surface area contributed by atoms with Crippen molar-refractivity contribution in [3.8, 4) is 0 Å². The first-order valence-electron chi connectivity index (χ1n) is 8.17. The molecule has 23 heavy (non-hydrogen) atoms. The van der Waals surface area contributed by atoms with E-state index in [9.17, 15) is 4.79 Å². The predicted molar refractivity (Wildman–Crippen MR) is 93.1 cm³/mol. The molecular weight excluding hydrogens is 314 g/mol. The van der Waals surface area contributed by atoms with Crippen LogP contribution in [0.5, 0.6) is 0 Å². The highest BCUT2D eigenvalue weighted by molar-refractivity contribution is 6.30. The molecule has 1 aliphatic rings. The number of nitrogens with one attached hydrogen (secondary N) is 1. The number of benzene rings is 1. The number of ether oxygens (including phenoxy) is 1. The van der Waals surface area contributed by atoms with Crippen LogP contribution in [0.15, 0.2) is 24.3 Å². The lowest BCUT2D eigenvalue weighted by atomic mass is 10.1. The maximum absolute atomic E-state index is 12.0. The lowest BCUT2D eigenvalue weighted by Gasteiger charge is -2.34. The van der Waals surface area contributed by atoms with Gasteiger partial charge in [-0.15, -0.1) is 0 Å². The van der Waals surface area contributed by atoms with Crippen molar-refractivity contribution in [2.45, 2.75) is 12.8 Å². The lowest BCUT2D eigenvalue weighted by molar-refractivity contribution is 0.139. The van der Waals surface area contributed by atoms with E-state index in [0.29, 0.717) is 13.2 Å². The summed E-state index contributed by atoms with van der Waals surface area (Å²) in [6.07, 6.45) is 1.84. The Labute approximate surface area is 143 Å². The van der Waals surface area contributed by atoms with Crippen LogP contribution < -0.4 is 5.32 Å². The number of rotatable bonds is 7. The van der Waals surface area contributed by atoms with Gasteiger partial charge in [-0.3, -0.25) is 4.90 Å². The minimum Gasteiger partial charge on any atom is -0.385 e. The largest absolute Gasteiger partial charge is 0.385 e. The van der Waals surface area contributed by atoms with Crippen molar-refractivity contribution in [3.05, 3.63) is 34.9 Å². The van der Waals surface area contributed by atoms with Gasteiger partial charge in [0.1, 0.15) is 0 Å². The highest BCUT2D eigenvalue weighted by atomic mass is 35.5. The highest BCUT2D eigenvalue weighted by Gasteiger charge is 2.20. The molecular formula is C17H26ClN3O2. The van der Waals surface area contributed by atoms with E-state index in [-0.39, 0.29) is 6.03 Å². The minimum atomic E-state index is 0.0376. The Morgan fingerprint density at radius 1 is 1.30 bits per heavy atom. The van der Waals surface area contributed by atoms with E-state index >= 15 is 0 Å². The standard InChI is InChI=1S/C17H26ClN3O2/c1-23-13-3-7-19-17(22)21-11-9-20(10-12-21)8-6-15-4-2-5-16(18)14-15/h2,4-5,14H,3,6-13H2,1H3,(H,19,22). The molecule has 0 atom stereocenters. The van der Waals surface area contributed by atoms with Crippen LogP contribution in [0.4, 0.5) is 4.79 Å². The highest BCUT2D eigenvalue weighted by Crippen LogP contribution is 2.12. The van der Waals surface area contributed by atoms with Crippen molar-refractivity contribution in [1.82, 2.24) is 15.1 Å². The molecule has 1 N–H and O–H groups in total. The van der Waals surface area contributed by atoms with Crippen LogP contribution in [-0.4, -0.2) is 68.8 Å². The summed E-state index contributed by atoms with van der Waals surface area (Å²) in [5.41, 5.74) is 1.26. The zero-order chi connectivity index (χ0) is 16.5. The SMILES string of the molecule is COCCCNC(=O)N1CCN(CCc2cccc(Cl)c2)CC1. The van der Waals surface area contributed by atoms with E-state index < -0.39 is 0 Å². The molecule has 0 radical (unpaired) electrons. The van der Waals surface area contributed by atoms with Gasteiger partial charge in [-0.1, -0.05) is 23.7 Å². The third kappa shape index (κ3) is 6.37. The van der Waals surface area contributed by atoms with Crippen LogP contribution in [0.2, 0.25) is 5.02 Å². The molecule has 0 bridgehead atoms. The van der Waals surface area contributed by atoms with E-state index in [4.69, 9.17) is 16.3 Å². The zero-order valence-corrected chi connectivity index (χ0v) is 14.5. The second-order valence-corrected chi connectivity index (χ2v) is 6.22. The number of hydrogen-bond acceptors (Lipinski definition) is 3. The summed E-state index contributed by atoms with van der Waals surface area (Å²) in [7, 11) is 1.67. The van der Waals surface area contributed by atoms with Crippen LogP contribution in [0.3, 0.4) is 0 Å². The number of amides is 2. The molecule has 128 valence electrons. The second-order valence-electron chi connectivity index (χ2n) is 5.79. The van der Waals surface area contributed by atoms with E-state index in [1.807, 2.05) is 23.1 Å². The van der Waals surface area contributed by atoms with Gasteiger partial charge in [-0.05, 0) is 30.5 Å². The van der Waals surface area contributed by atoms with Gasteiger partial charge in [0, 0.05) is 58.0 Å². The number of piperazine rings is 1. The van der Waals surface area contributed by atoms with Crippen molar-refractivity contribution in [2.75, 3.05) is 53.0 Å². The van der Waals surface area contributed by atoms with Gasteiger partial charge in [-0.2, -0.15) is 0 Å². The van der Waals surface area contributed by atoms with Crippen molar-refractivity contribution < 1.29 is 9.53 Å². The number of nitrogens with zero attached hydrogens (tertiary/aromatic N) is 2. The van der Waals surface area contributed by atoms with Gasteiger partial charge < -0.3 is 15.0 Å². The average Bonchev–Trinajstić information content (AvgIpc) is 2.57. The van der Waals surface area contributed by atoms with Crippen molar-refractivity contribution in [3.63, 3.8) is 0 Å². The summed E-state index contributed by atoms with van der Waals surface area (Å²) < 4.78 is 4.97. The zero-order valence-electron chi connectivity index (χ0n) is 13.8. The Morgan fingerprint density at radius 2 is 2.09 bits per heavy atom. The quantitative estimate of drug-likeness (QED) is 0.775. The monoisotopic (exact) mass is 339 g/mol. The van der Waals surface area contributed by atoms with Crippen molar-refractivity contribution in [2.24, 2.45) is 0 Å². The molecule has 1 aromatic carbocycles. The number of hydrogen-bond donors (Lipinski definition) is 1. The number of halogens is 1. The third-order valence-corrected chi connectivity index (χ3v) is 4.30. The molecule has 1 fully saturated rings. The molecule has 0 aliphatic carbocycles. The molecule has 1 aromatic rings. The molecule has 1 saturated heterocycles. The summed E-state index contributed by atoms with van der Waals surface area (Å²) >= 11 is 6.01. The molecule has 1 aliphatic heterocycles. The minimum absolute atomic E-state index is 0.0376. The molecule has 2 amide bonds. The first kappa shape index (κ1) is 18.0. The van der Waals surface area contributed by atoms with Crippen LogP contribution in [0.25, 0.3) is 0 Å². The first-order chi connectivity index (χ1) is 11.2. The smallest absolute Gasteiger partial charge is 0.317 e. The Bertz CT molecular complexity index is 490. The summed E-state index contributed by atoms with van der Waals surface area (Å²) in [5, 5.41) is 3.73. The molecule has 0 spiro atoms. The van der Waals surface area contributed by atoms with Gasteiger partial charge in [0.15, 0.2) is 0 Å². The molecule has 5 nitrogen and oxygen atoms in total. The number of carbonyl (C=O) groups excluding carboxylic acids is 1. The maximum atomic E-state index is 12.0. The first-order valence-corrected chi connectivity index (χ1v) is 8.55. The molecule has 0 saturated carbocycles. The fourth-order valence-corrected chi connectivity index (χ4v) is 2.89. The maximum Gasteiger partial charge on any atom is 0.317 e. The topological polar surface area (TPSA) is 44.8 Å². The Kier molecular flexibility index (Phi) is 7.65. The fraction of sp³-hybridized carbons (Fsp3) is 0.588. The van der Waals surface area contributed by atoms with E-state index in [1.165, 1.54) is 5.56 Å². The Morgan fingerprint density at radius 3 is 2.78 bits per heavy atom. The van der Waals surface area contributed by atoms with Gasteiger partial charge in [-0.25, -0.2) is 4.79 Å². The summed E-state index contributed by atoms with van der Waals surface area (Å²) in [6.45, 7) is 5.76. The Hall–Kier alpha value is -1.30. The van der Waals surface area contributed by atoms with Crippen LogP contribution >= 0.6 is 11.6 Å². The van der Waals surface area contributed by atoms with Crippen LogP contribution in [0, 0.1) is 0 Å². The number of carbonyl (C=O) groups is 1. The molecule has 6 heteroatoms. The van der Waals surface area contributed by atoms with E-state index in [1.54, 1.807) is 7.11 Å².